The van der Waals surface area contributed by atoms with E-state index in [2.05, 4.69) is 24.0 Å². The van der Waals surface area contributed by atoms with Crippen molar-refractivity contribution in [1.29, 1.82) is 0 Å². The first-order valence-electron chi connectivity index (χ1n) is 6.74. The highest BCUT2D eigenvalue weighted by atomic mass is 35.5. The number of hydrogen-bond acceptors (Lipinski definition) is 1. The summed E-state index contributed by atoms with van der Waals surface area (Å²) in [5.41, 5.74) is 3.93. The molecular weight excluding hydrogens is 307 g/mol. The van der Waals surface area contributed by atoms with E-state index in [0.717, 1.165) is 17.5 Å². The molecule has 0 radical (unpaired) electrons. The SMILES string of the molecule is CCc1ccccc1Cn1c(=S)[nH]c2cc(Cl)c(F)cc21. The monoisotopic (exact) mass is 320 g/mol. The van der Waals surface area contributed by atoms with Gasteiger partial charge in [0, 0.05) is 6.07 Å². The van der Waals surface area contributed by atoms with Crippen molar-refractivity contribution in [2.24, 2.45) is 0 Å². The van der Waals surface area contributed by atoms with Gasteiger partial charge in [-0.2, -0.15) is 0 Å². The fraction of sp³-hybridized carbons (Fsp3) is 0.188. The maximum Gasteiger partial charge on any atom is 0.178 e. The summed E-state index contributed by atoms with van der Waals surface area (Å²) in [7, 11) is 0. The Labute approximate surface area is 132 Å². The second kappa shape index (κ2) is 5.62. The number of benzene rings is 2. The third kappa shape index (κ3) is 2.61. The van der Waals surface area contributed by atoms with Gasteiger partial charge in [0.25, 0.3) is 0 Å². The summed E-state index contributed by atoms with van der Waals surface area (Å²) in [6.07, 6.45) is 0.950. The Hall–Kier alpha value is -1.65. The summed E-state index contributed by atoms with van der Waals surface area (Å²) in [5.74, 6) is -0.435. The van der Waals surface area contributed by atoms with Crippen molar-refractivity contribution in [3.05, 3.63) is 63.1 Å². The molecule has 108 valence electrons. The van der Waals surface area contributed by atoms with Gasteiger partial charge in [-0.15, -0.1) is 0 Å². The second-order valence-electron chi connectivity index (χ2n) is 4.92. The van der Waals surface area contributed by atoms with E-state index in [-0.39, 0.29) is 5.02 Å². The molecule has 0 saturated heterocycles. The summed E-state index contributed by atoms with van der Waals surface area (Å²) >= 11 is 11.2. The van der Waals surface area contributed by atoms with Crippen LogP contribution in [0.3, 0.4) is 0 Å². The minimum atomic E-state index is -0.435. The van der Waals surface area contributed by atoms with Gasteiger partial charge in [-0.05, 0) is 35.8 Å². The number of rotatable bonds is 3. The zero-order valence-electron chi connectivity index (χ0n) is 11.5. The molecule has 1 heterocycles. The number of aryl methyl sites for hydroxylation is 1. The second-order valence-corrected chi connectivity index (χ2v) is 5.72. The lowest BCUT2D eigenvalue weighted by molar-refractivity contribution is 0.628. The summed E-state index contributed by atoms with van der Waals surface area (Å²) in [6, 6.07) is 11.2. The van der Waals surface area contributed by atoms with Crippen molar-refractivity contribution >= 4 is 34.9 Å². The molecule has 0 unspecified atom stereocenters. The number of hydrogen-bond donors (Lipinski definition) is 1. The molecule has 21 heavy (non-hydrogen) atoms. The Morgan fingerprint density at radius 1 is 1.24 bits per heavy atom. The molecular formula is C16H14ClFN2S. The zero-order valence-corrected chi connectivity index (χ0v) is 13.1. The fourth-order valence-corrected chi connectivity index (χ4v) is 2.97. The number of halogens is 2. The summed E-state index contributed by atoms with van der Waals surface area (Å²) in [4.78, 5) is 3.08. The Balaban J connectivity index is 2.14. The minimum Gasteiger partial charge on any atom is -0.331 e. The lowest BCUT2D eigenvalue weighted by atomic mass is 10.1. The van der Waals surface area contributed by atoms with Gasteiger partial charge in [0.15, 0.2) is 4.77 Å². The van der Waals surface area contributed by atoms with E-state index in [4.69, 9.17) is 23.8 Å². The Morgan fingerprint density at radius 2 is 1.95 bits per heavy atom. The normalized spacial score (nSPS) is 11.2. The van der Waals surface area contributed by atoms with E-state index in [1.807, 2.05) is 16.7 Å². The topological polar surface area (TPSA) is 20.7 Å². The highest BCUT2D eigenvalue weighted by molar-refractivity contribution is 7.71. The van der Waals surface area contributed by atoms with E-state index in [1.54, 1.807) is 6.07 Å². The highest BCUT2D eigenvalue weighted by Crippen LogP contribution is 2.24. The lowest BCUT2D eigenvalue weighted by Crippen LogP contribution is -2.03. The average molecular weight is 321 g/mol. The van der Waals surface area contributed by atoms with Gasteiger partial charge in [0.05, 0.1) is 22.6 Å². The third-order valence-corrected chi connectivity index (χ3v) is 4.26. The third-order valence-electron chi connectivity index (χ3n) is 3.64. The molecule has 0 aliphatic heterocycles. The first kappa shape index (κ1) is 14.3. The quantitative estimate of drug-likeness (QED) is 0.666. The van der Waals surface area contributed by atoms with Crippen LogP contribution in [0.5, 0.6) is 0 Å². The first-order chi connectivity index (χ1) is 10.1. The lowest BCUT2D eigenvalue weighted by Gasteiger charge is -2.09. The van der Waals surface area contributed by atoms with E-state index in [0.29, 0.717) is 11.3 Å². The molecule has 1 aromatic heterocycles. The molecule has 3 aromatic rings. The number of fused-ring (bicyclic) bond motifs is 1. The number of H-pyrrole nitrogens is 1. The molecule has 0 amide bonds. The molecule has 3 rings (SSSR count). The number of imidazole rings is 1. The van der Waals surface area contributed by atoms with Crippen LogP contribution < -0.4 is 0 Å². The molecule has 0 saturated carbocycles. The molecule has 2 nitrogen and oxygen atoms in total. The van der Waals surface area contributed by atoms with Crippen LogP contribution in [0, 0.1) is 10.6 Å². The summed E-state index contributed by atoms with van der Waals surface area (Å²) in [6.45, 7) is 2.73. The molecule has 0 spiro atoms. The van der Waals surface area contributed by atoms with Gasteiger partial charge >= 0.3 is 0 Å². The van der Waals surface area contributed by atoms with Crippen molar-refractivity contribution in [2.75, 3.05) is 0 Å². The van der Waals surface area contributed by atoms with Crippen LogP contribution in [0.15, 0.2) is 36.4 Å². The van der Waals surface area contributed by atoms with E-state index in [1.165, 1.54) is 17.2 Å². The van der Waals surface area contributed by atoms with Crippen molar-refractivity contribution in [1.82, 2.24) is 9.55 Å². The molecule has 0 aliphatic carbocycles. The molecule has 0 aliphatic rings. The Morgan fingerprint density at radius 3 is 2.67 bits per heavy atom. The van der Waals surface area contributed by atoms with Crippen molar-refractivity contribution < 1.29 is 4.39 Å². The summed E-state index contributed by atoms with van der Waals surface area (Å²) < 4.78 is 16.2. The highest BCUT2D eigenvalue weighted by Gasteiger charge is 2.10. The number of nitrogens with one attached hydrogen (secondary N) is 1. The van der Waals surface area contributed by atoms with Crippen molar-refractivity contribution in [3.63, 3.8) is 0 Å². The standard InChI is InChI=1S/C16H14ClFN2S/c1-2-10-5-3-4-6-11(10)9-20-15-8-13(18)12(17)7-14(15)19-16(20)21/h3-8H,2,9H2,1H3,(H,19,21). The van der Waals surface area contributed by atoms with Gasteiger partial charge in [0.1, 0.15) is 5.82 Å². The van der Waals surface area contributed by atoms with Gasteiger partial charge in [-0.3, -0.25) is 0 Å². The van der Waals surface area contributed by atoms with Gasteiger partial charge < -0.3 is 9.55 Å². The average Bonchev–Trinajstić information content (AvgIpc) is 2.76. The Bertz CT molecular complexity index is 866. The largest absolute Gasteiger partial charge is 0.331 e. The predicted molar refractivity (Wildman–Crippen MR) is 87.0 cm³/mol. The molecule has 1 N–H and O–H groups in total. The molecule has 5 heteroatoms. The van der Waals surface area contributed by atoms with Gasteiger partial charge in [0.2, 0.25) is 0 Å². The van der Waals surface area contributed by atoms with Crippen LogP contribution in [0.2, 0.25) is 5.02 Å². The van der Waals surface area contributed by atoms with Crippen LogP contribution in [0.4, 0.5) is 4.39 Å². The molecule has 0 bridgehead atoms. The van der Waals surface area contributed by atoms with E-state index < -0.39 is 5.82 Å². The van der Waals surface area contributed by atoms with Crippen LogP contribution >= 0.6 is 23.8 Å². The Kier molecular flexibility index (Phi) is 3.83. The number of nitrogens with zero attached hydrogens (tertiary/aromatic N) is 1. The summed E-state index contributed by atoms with van der Waals surface area (Å²) in [5, 5.41) is 0.0971. The van der Waals surface area contributed by atoms with Crippen LogP contribution in [0.1, 0.15) is 18.1 Å². The van der Waals surface area contributed by atoms with Crippen molar-refractivity contribution in [3.8, 4) is 0 Å². The predicted octanol–water partition coefficient (Wildman–Crippen LogP) is 5.10. The fourth-order valence-electron chi connectivity index (χ4n) is 2.54. The van der Waals surface area contributed by atoms with Gasteiger partial charge in [-0.25, -0.2) is 4.39 Å². The van der Waals surface area contributed by atoms with E-state index in [9.17, 15) is 4.39 Å². The van der Waals surface area contributed by atoms with E-state index >= 15 is 0 Å². The van der Waals surface area contributed by atoms with Crippen LogP contribution in [-0.2, 0) is 13.0 Å². The number of aromatic amines is 1. The van der Waals surface area contributed by atoms with Gasteiger partial charge in [-0.1, -0.05) is 42.8 Å². The maximum absolute atomic E-state index is 13.7. The van der Waals surface area contributed by atoms with Crippen molar-refractivity contribution in [2.45, 2.75) is 19.9 Å². The first-order valence-corrected chi connectivity index (χ1v) is 7.53. The smallest absolute Gasteiger partial charge is 0.178 e. The molecule has 0 atom stereocenters. The maximum atomic E-state index is 13.7. The van der Waals surface area contributed by atoms with Crippen LogP contribution in [0.25, 0.3) is 11.0 Å². The zero-order chi connectivity index (χ0) is 15.0. The molecule has 0 fully saturated rings. The van der Waals surface area contributed by atoms with Crippen LogP contribution in [-0.4, -0.2) is 9.55 Å². The minimum absolute atomic E-state index is 0.0971. The number of aromatic nitrogens is 2. The molecule has 2 aromatic carbocycles.